The maximum atomic E-state index is 9.87. The molecular formula is C19H27BrO5. The van der Waals surface area contributed by atoms with E-state index in [4.69, 9.17) is 18.9 Å². The zero-order valence-corrected chi connectivity index (χ0v) is 16.9. The Hall–Kier alpha value is -0.940. The van der Waals surface area contributed by atoms with E-state index in [1.165, 1.54) is 0 Å². The second-order valence-electron chi connectivity index (χ2n) is 6.00. The van der Waals surface area contributed by atoms with Crippen molar-refractivity contribution in [2.45, 2.75) is 32.7 Å². The molecule has 0 bridgehead atoms. The number of halogens is 1. The molecule has 0 aromatic heterocycles. The van der Waals surface area contributed by atoms with Crippen LogP contribution in [0.1, 0.15) is 30.5 Å². The molecule has 0 unspecified atom stereocenters. The molecule has 5 nitrogen and oxygen atoms in total. The van der Waals surface area contributed by atoms with Crippen LogP contribution in [0.2, 0.25) is 0 Å². The van der Waals surface area contributed by atoms with E-state index in [2.05, 4.69) is 27.8 Å². The fraction of sp³-hybridized carbons (Fsp3) is 0.579. The summed E-state index contributed by atoms with van der Waals surface area (Å²) in [5.41, 5.74) is 1.68. The van der Waals surface area contributed by atoms with Crippen LogP contribution in [0.25, 0.3) is 0 Å². The topological polar surface area (TPSA) is 57.2 Å². The summed E-state index contributed by atoms with van der Waals surface area (Å²) in [7, 11) is 3.28. The Morgan fingerprint density at radius 3 is 2.04 bits per heavy atom. The summed E-state index contributed by atoms with van der Waals surface area (Å²) in [6.07, 6.45) is 0. The van der Waals surface area contributed by atoms with Gasteiger partial charge in [-0.05, 0) is 37.1 Å². The normalized spacial score (nSPS) is 11.3. The Morgan fingerprint density at radius 2 is 1.52 bits per heavy atom. The molecule has 0 amide bonds. The first-order valence-electron chi connectivity index (χ1n) is 8.07. The van der Waals surface area contributed by atoms with Crippen molar-refractivity contribution < 1.29 is 24.1 Å². The van der Waals surface area contributed by atoms with Crippen LogP contribution in [-0.4, -0.2) is 51.4 Å². The molecule has 6 heteroatoms. The molecule has 1 aromatic rings. The van der Waals surface area contributed by atoms with E-state index >= 15 is 0 Å². The smallest absolute Gasteiger partial charge is 0.120 e. The van der Waals surface area contributed by atoms with E-state index in [1.807, 2.05) is 12.1 Å². The monoisotopic (exact) mass is 414 g/mol. The molecule has 25 heavy (non-hydrogen) atoms. The Kier molecular flexibility index (Phi) is 10.3. The zero-order chi connectivity index (χ0) is 18.7. The van der Waals surface area contributed by atoms with Crippen LogP contribution < -0.4 is 0 Å². The van der Waals surface area contributed by atoms with Gasteiger partial charge < -0.3 is 24.1 Å². The Balaban J connectivity index is 2.96. The second kappa shape index (κ2) is 11.6. The van der Waals surface area contributed by atoms with Crippen molar-refractivity contribution in [1.82, 2.24) is 0 Å². The largest absolute Gasteiger partial charge is 0.382 e. The standard InChI is InChI=1S/C19H27BrO5/c1-19(2,21)6-5-15-11-17(14-25-10-8-23-4)18(20)12-16(15)13-24-9-7-22-3/h11-12,21H,7-10,13-14H2,1-4H3. The molecule has 140 valence electrons. The van der Waals surface area contributed by atoms with Gasteiger partial charge in [0.1, 0.15) is 5.60 Å². The predicted octanol–water partition coefficient (Wildman–Crippen LogP) is 2.90. The lowest BCUT2D eigenvalue weighted by Crippen LogP contribution is -2.14. The molecule has 0 spiro atoms. The van der Waals surface area contributed by atoms with Gasteiger partial charge in [-0.15, -0.1) is 0 Å². The number of hydrogen-bond donors (Lipinski definition) is 1. The molecule has 0 fully saturated rings. The van der Waals surface area contributed by atoms with Gasteiger partial charge in [-0.25, -0.2) is 0 Å². The van der Waals surface area contributed by atoms with Gasteiger partial charge in [0.05, 0.1) is 39.6 Å². The number of aliphatic hydroxyl groups is 1. The highest BCUT2D eigenvalue weighted by Gasteiger charge is 2.10. The van der Waals surface area contributed by atoms with Crippen molar-refractivity contribution in [2.24, 2.45) is 0 Å². The van der Waals surface area contributed by atoms with E-state index in [1.54, 1.807) is 28.1 Å². The van der Waals surface area contributed by atoms with Crippen molar-refractivity contribution in [2.75, 3.05) is 40.6 Å². The van der Waals surface area contributed by atoms with Crippen molar-refractivity contribution in [1.29, 1.82) is 0 Å². The van der Waals surface area contributed by atoms with E-state index < -0.39 is 5.60 Å². The molecule has 1 N–H and O–H groups in total. The number of rotatable bonds is 10. The van der Waals surface area contributed by atoms with Gasteiger partial charge in [0.25, 0.3) is 0 Å². The minimum Gasteiger partial charge on any atom is -0.382 e. The molecule has 0 aliphatic heterocycles. The van der Waals surface area contributed by atoms with Gasteiger partial charge in [-0.1, -0.05) is 27.8 Å². The summed E-state index contributed by atoms with van der Waals surface area (Å²) in [6, 6.07) is 3.95. The van der Waals surface area contributed by atoms with Crippen molar-refractivity contribution in [3.63, 3.8) is 0 Å². The van der Waals surface area contributed by atoms with Gasteiger partial charge in [0.15, 0.2) is 0 Å². The maximum Gasteiger partial charge on any atom is 0.120 e. The van der Waals surface area contributed by atoms with Crippen LogP contribution in [0.4, 0.5) is 0 Å². The number of methoxy groups -OCH3 is 2. The van der Waals surface area contributed by atoms with Crippen LogP contribution in [0.3, 0.4) is 0 Å². The summed E-state index contributed by atoms with van der Waals surface area (Å²) in [4.78, 5) is 0. The first-order valence-corrected chi connectivity index (χ1v) is 8.87. The average molecular weight is 415 g/mol. The van der Waals surface area contributed by atoms with E-state index in [9.17, 15) is 5.11 Å². The number of hydrogen-bond acceptors (Lipinski definition) is 5. The molecule has 0 radical (unpaired) electrons. The molecule has 1 rings (SSSR count). The highest BCUT2D eigenvalue weighted by Crippen LogP contribution is 2.24. The van der Waals surface area contributed by atoms with Crippen LogP contribution >= 0.6 is 15.9 Å². The van der Waals surface area contributed by atoms with Crippen LogP contribution in [0.5, 0.6) is 0 Å². The maximum absolute atomic E-state index is 9.87. The Morgan fingerprint density at radius 1 is 0.960 bits per heavy atom. The molecule has 0 atom stereocenters. The fourth-order valence-corrected chi connectivity index (χ4v) is 2.38. The van der Waals surface area contributed by atoms with Crippen LogP contribution in [-0.2, 0) is 32.2 Å². The summed E-state index contributed by atoms with van der Waals surface area (Å²) in [5, 5.41) is 9.87. The van der Waals surface area contributed by atoms with E-state index in [0.717, 1.165) is 21.2 Å². The van der Waals surface area contributed by atoms with Crippen molar-refractivity contribution in [3.8, 4) is 11.8 Å². The lowest BCUT2D eigenvalue weighted by Gasteiger charge is -2.13. The first kappa shape index (κ1) is 22.1. The predicted molar refractivity (Wildman–Crippen MR) is 100 cm³/mol. The molecule has 0 saturated carbocycles. The SMILES string of the molecule is COCCOCc1cc(C#CC(C)(C)O)c(COCCOC)cc1Br. The lowest BCUT2D eigenvalue weighted by molar-refractivity contribution is 0.0602. The fourth-order valence-electron chi connectivity index (χ4n) is 1.87. The third-order valence-electron chi connectivity index (χ3n) is 3.15. The van der Waals surface area contributed by atoms with Gasteiger partial charge >= 0.3 is 0 Å². The molecule has 0 heterocycles. The van der Waals surface area contributed by atoms with Gasteiger partial charge in [-0.2, -0.15) is 0 Å². The minimum atomic E-state index is -1.06. The molecule has 0 aliphatic carbocycles. The first-order chi connectivity index (χ1) is 11.9. The van der Waals surface area contributed by atoms with Crippen molar-refractivity contribution >= 4 is 15.9 Å². The number of ether oxygens (including phenoxy) is 4. The molecular weight excluding hydrogens is 388 g/mol. The highest BCUT2D eigenvalue weighted by atomic mass is 79.9. The van der Waals surface area contributed by atoms with Crippen LogP contribution in [0.15, 0.2) is 16.6 Å². The number of benzene rings is 1. The highest BCUT2D eigenvalue weighted by molar-refractivity contribution is 9.10. The van der Waals surface area contributed by atoms with E-state index in [-0.39, 0.29) is 0 Å². The van der Waals surface area contributed by atoms with E-state index in [0.29, 0.717) is 39.6 Å². The molecule has 0 saturated heterocycles. The second-order valence-corrected chi connectivity index (χ2v) is 6.85. The summed E-state index contributed by atoms with van der Waals surface area (Å²) in [5.74, 6) is 5.90. The lowest BCUT2D eigenvalue weighted by atomic mass is 10.0. The Bertz CT molecular complexity index is 584. The third kappa shape index (κ3) is 9.36. The van der Waals surface area contributed by atoms with Gasteiger partial charge in [0, 0.05) is 24.3 Å². The summed E-state index contributed by atoms with van der Waals surface area (Å²) >= 11 is 3.57. The third-order valence-corrected chi connectivity index (χ3v) is 3.89. The van der Waals surface area contributed by atoms with Crippen molar-refractivity contribution in [3.05, 3.63) is 33.3 Å². The molecule has 0 aliphatic rings. The van der Waals surface area contributed by atoms with Crippen LogP contribution in [0, 0.1) is 11.8 Å². The summed E-state index contributed by atoms with van der Waals surface area (Å²) < 4.78 is 22.1. The summed E-state index contributed by atoms with van der Waals surface area (Å²) in [6.45, 7) is 6.30. The average Bonchev–Trinajstić information content (AvgIpc) is 2.55. The minimum absolute atomic E-state index is 0.419. The Labute approximate surface area is 158 Å². The quantitative estimate of drug-likeness (QED) is 0.471. The zero-order valence-electron chi connectivity index (χ0n) is 15.4. The van der Waals surface area contributed by atoms with Gasteiger partial charge in [-0.3, -0.25) is 0 Å². The molecule has 1 aromatic carbocycles. The van der Waals surface area contributed by atoms with Gasteiger partial charge in [0.2, 0.25) is 0 Å².